The molecule has 1 aliphatic heterocycles. The van der Waals surface area contributed by atoms with Crippen LogP contribution >= 0.6 is 0 Å². The molecule has 1 aromatic carbocycles. The first-order valence-corrected chi connectivity index (χ1v) is 9.02. The largest absolute Gasteiger partial charge is 0.478 e. The van der Waals surface area contributed by atoms with Crippen molar-refractivity contribution in [2.24, 2.45) is 0 Å². The van der Waals surface area contributed by atoms with Crippen LogP contribution in [0.15, 0.2) is 42.6 Å². The van der Waals surface area contributed by atoms with Gasteiger partial charge in [-0.3, -0.25) is 15.0 Å². The lowest BCUT2D eigenvalue weighted by Crippen LogP contribution is -2.34. The van der Waals surface area contributed by atoms with E-state index >= 15 is 0 Å². The second kappa shape index (κ2) is 9.65. The van der Waals surface area contributed by atoms with Crippen LogP contribution in [0, 0.1) is 10.1 Å². The van der Waals surface area contributed by atoms with Crippen LogP contribution in [-0.2, 0) is 9.59 Å². The second-order valence-electron chi connectivity index (χ2n) is 6.74. The van der Waals surface area contributed by atoms with Gasteiger partial charge in [0, 0.05) is 54.5 Å². The SMILES string of the molecule is CC(C)N1CC=C(c2c[nH]c3c([N+](=O)[O-])cccc23)CC1.O=C(O)C=CC(=O)O. The third-order valence-corrected chi connectivity index (χ3v) is 4.58. The number of fused-ring (bicyclic) bond motifs is 1. The summed E-state index contributed by atoms with van der Waals surface area (Å²) in [4.78, 5) is 35.3. The van der Waals surface area contributed by atoms with E-state index < -0.39 is 11.9 Å². The van der Waals surface area contributed by atoms with Crippen molar-refractivity contribution < 1.29 is 24.7 Å². The molecular formula is C20H23N3O6. The third-order valence-electron chi connectivity index (χ3n) is 4.58. The summed E-state index contributed by atoms with van der Waals surface area (Å²) in [6.45, 7) is 6.38. The van der Waals surface area contributed by atoms with Crippen molar-refractivity contribution >= 4 is 34.1 Å². The van der Waals surface area contributed by atoms with Crippen LogP contribution < -0.4 is 0 Å². The van der Waals surface area contributed by atoms with Crippen LogP contribution in [0.3, 0.4) is 0 Å². The summed E-state index contributed by atoms with van der Waals surface area (Å²) in [5, 5.41) is 27.6. The topological polar surface area (TPSA) is 137 Å². The number of aromatic nitrogens is 1. The fourth-order valence-corrected chi connectivity index (χ4v) is 3.10. The molecular weight excluding hydrogens is 378 g/mol. The maximum atomic E-state index is 11.1. The molecule has 0 atom stereocenters. The maximum absolute atomic E-state index is 11.1. The average Bonchev–Trinajstić information content (AvgIpc) is 3.11. The third kappa shape index (κ3) is 5.76. The van der Waals surface area contributed by atoms with E-state index in [-0.39, 0.29) is 10.6 Å². The normalized spacial score (nSPS) is 14.5. The fourth-order valence-electron chi connectivity index (χ4n) is 3.10. The number of carboxylic acids is 2. The molecule has 29 heavy (non-hydrogen) atoms. The average molecular weight is 401 g/mol. The van der Waals surface area contributed by atoms with Crippen LogP contribution in [0.1, 0.15) is 25.8 Å². The smallest absolute Gasteiger partial charge is 0.328 e. The highest BCUT2D eigenvalue weighted by Crippen LogP contribution is 2.33. The molecule has 3 N–H and O–H groups in total. The lowest BCUT2D eigenvalue weighted by molar-refractivity contribution is -0.383. The highest BCUT2D eigenvalue weighted by atomic mass is 16.6. The minimum atomic E-state index is -1.26. The Morgan fingerprint density at radius 1 is 1.24 bits per heavy atom. The molecule has 1 aliphatic rings. The number of aliphatic carboxylic acids is 2. The molecule has 0 spiro atoms. The molecule has 9 nitrogen and oxygen atoms in total. The van der Waals surface area contributed by atoms with Gasteiger partial charge < -0.3 is 15.2 Å². The van der Waals surface area contributed by atoms with Crippen molar-refractivity contribution in [1.82, 2.24) is 9.88 Å². The zero-order valence-corrected chi connectivity index (χ0v) is 16.2. The highest BCUT2D eigenvalue weighted by Gasteiger charge is 2.20. The monoisotopic (exact) mass is 401 g/mol. The first-order chi connectivity index (χ1) is 13.7. The van der Waals surface area contributed by atoms with Crippen molar-refractivity contribution in [3.05, 3.63) is 58.3 Å². The van der Waals surface area contributed by atoms with Crippen LogP contribution in [0.2, 0.25) is 0 Å². The van der Waals surface area contributed by atoms with E-state index in [0.717, 1.165) is 30.5 Å². The predicted molar refractivity (Wildman–Crippen MR) is 109 cm³/mol. The fraction of sp³-hybridized carbons (Fsp3) is 0.300. The Balaban J connectivity index is 0.000000321. The number of carbonyl (C=O) groups is 2. The zero-order valence-electron chi connectivity index (χ0n) is 16.2. The summed E-state index contributed by atoms with van der Waals surface area (Å²) in [6, 6.07) is 5.79. The number of rotatable bonds is 5. The molecule has 154 valence electrons. The predicted octanol–water partition coefficient (Wildman–Crippen LogP) is 3.29. The Morgan fingerprint density at radius 2 is 1.90 bits per heavy atom. The summed E-state index contributed by atoms with van der Waals surface area (Å²) in [5.74, 6) is -2.51. The molecule has 1 aromatic heterocycles. The van der Waals surface area contributed by atoms with Crippen molar-refractivity contribution in [2.75, 3.05) is 13.1 Å². The van der Waals surface area contributed by atoms with Crippen molar-refractivity contribution in [2.45, 2.75) is 26.3 Å². The van der Waals surface area contributed by atoms with Gasteiger partial charge in [0.25, 0.3) is 5.69 Å². The number of nitro groups is 1. The zero-order chi connectivity index (χ0) is 21.6. The number of H-pyrrole nitrogens is 1. The molecule has 3 rings (SSSR count). The van der Waals surface area contributed by atoms with Crippen LogP contribution in [-0.4, -0.2) is 56.1 Å². The molecule has 2 heterocycles. The molecule has 2 aromatic rings. The van der Waals surface area contributed by atoms with Gasteiger partial charge in [-0.25, -0.2) is 9.59 Å². The van der Waals surface area contributed by atoms with E-state index in [1.165, 1.54) is 5.57 Å². The van der Waals surface area contributed by atoms with Gasteiger partial charge in [0.05, 0.1) is 4.92 Å². The summed E-state index contributed by atoms with van der Waals surface area (Å²) in [5.41, 5.74) is 3.12. The van der Waals surface area contributed by atoms with Crippen LogP contribution in [0.25, 0.3) is 16.5 Å². The van der Waals surface area contributed by atoms with Gasteiger partial charge in [0.2, 0.25) is 0 Å². The van der Waals surface area contributed by atoms with E-state index in [1.807, 2.05) is 12.3 Å². The van der Waals surface area contributed by atoms with Gasteiger partial charge in [-0.05, 0) is 25.8 Å². The first kappa shape index (κ1) is 21.8. The first-order valence-electron chi connectivity index (χ1n) is 9.02. The lowest BCUT2D eigenvalue weighted by atomic mass is 9.98. The summed E-state index contributed by atoms with van der Waals surface area (Å²) < 4.78 is 0. The van der Waals surface area contributed by atoms with Gasteiger partial charge in [0.1, 0.15) is 5.52 Å². The highest BCUT2D eigenvalue weighted by molar-refractivity contribution is 5.97. The van der Waals surface area contributed by atoms with Crippen LogP contribution in [0.5, 0.6) is 0 Å². The molecule has 0 saturated heterocycles. The number of hydrogen-bond donors (Lipinski definition) is 3. The van der Waals surface area contributed by atoms with Crippen molar-refractivity contribution in [3.8, 4) is 0 Å². The maximum Gasteiger partial charge on any atom is 0.328 e. The number of nitrogens with zero attached hydrogens (tertiary/aromatic N) is 2. The van der Waals surface area contributed by atoms with Gasteiger partial charge in [-0.15, -0.1) is 0 Å². The van der Waals surface area contributed by atoms with E-state index in [4.69, 9.17) is 10.2 Å². The van der Waals surface area contributed by atoms with Crippen molar-refractivity contribution in [1.29, 1.82) is 0 Å². The molecule has 9 heteroatoms. The molecule has 0 amide bonds. The summed E-state index contributed by atoms with van der Waals surface area (Å²) >= 11 is 0. The van der Waals surface area contributed by atoms with Gasteiger partial charge in [-0.2, -0.15) is 0 Å². The van der Waals surface area contributed by atoms with E-state index in [0.29, 0.717) is 23.7 Å². The minimum Gasteiger partial charge on any atom is -0.478 e. The molecule has 0 unspecified atom stereocenters. The Labute approximate surface area is 167 Å². The van der Waals surface area contributed by atoms with Crippen LogP contribution in [0.4, 0.5) is 5.69 Å². The summed E-state index contributed by atoms with van der Waals surface area (Å²) in [7, 11) is 0. The van der Waals surface area contributed by atoms with E-state index in [1.54, 1.807) is 12.1 Å². The minimum absolute atomic E-state index is 0.138. The Bertz CT molecular complexity index is 958. The number of aromatic amines is 1. The number of non-ortho nitro benzene ring substituents is 1. The molecule has 0 saturated carbocycles. The molecule has 0 radical (unpaired) electrons. The molecule has 0 bridgehead atoms. The van der Waals surface area contributed by atoms with E-state index in [2.05, 4.69) is 29.8 Å². The van der Waals surface area contributed by atoms with Gasteiger partial charge in [0.15, 0.2) is 0 Å². The number of para-hydroxylation sites is 1. The molecule has 0 aliphatic carbocycles. The quantitative estimate of drug-likeness (QED) is 0.397. The molecule has 0 fully saturated rings. The number of hydrogen-bond acceptors (Lipinski definition) is 5. The van der Waals surface area contributed by atoms with Gasteiger partial charge >= 0.3 is 11.9 Å². The number of benzene rings is 1. The Hall–Kier alpha value is -3.46. The number of nitro benzene ring substituents is 1. The number of carboxylic acid groups (broad SMARTS) is 2. The Morgan fingerprint density at radius 3 is 2.38 bits per heavy atom. The lowest BCUT2D eigenvalue weighted by Gasteiger charge is -2.29. The standard InChI is InChI=1S/C16H19N3O2.C4H4O4/c1-11(2)18-8-6-12(7-9-18)14-10-17-16-13(14)4-3-5-15(16)19(20)21;5-3(6)1-2-4(7)8/h3-6,10-11,17H,7-9H2,1-2H3;1-2H,(H,5,6)(H,7,8). The number of nitrogens with one attached hydrogen (secondary N) is 1. The second-order valence-corrected chi connectivity index (χ2v) is 6.74. The Kier molecular flexibility index (Phi) is 7.27. The summed E-state index contributed by atoms with van der Waals surface area (Å²) in [6.07, 6.45) is 6.23. The van der Waals surface area contributed by atoms with Gasteiger partial charge in [-0.1, -0.05) is 18.2 Å². The van der Waals surface area contributed by atoms with E-state index in [9.17, 15) is 19.7 Å². The van der Waals surface area contributed by atoms with Crippen molar-refractivity contribution in [3.63, 3.8) is 0 Å².